The van der Waals surface area contributed by atoms with Crippen molar-refractivity contribution in [2.45, 2.75) is 38.5 Å². The van der Waals surface area contributed by atoms with Crippen molar-refractivity contribution in [1.82, 2.24) is 0 Å². The molecule has 0 nitrogen and oxygen atoms in total. The molecule has 0 aliphatic heterocycles. The van der Waals surface area contributed by atoms with Gasteiger partial charge in [0.15, 0.2) is 0 Å². The Morgan fingerprint density at radius 3 is 2.67 bits per heavy atom. The maximum atomic E-state index is 5.88. The summed E-state index contributed by atoms with van der Waals surface area (Å²) in [7, 11) is 0. The Morgan fingerprint density at radius 1 is 1.33 bits per heavy atom. The molecule has 0 heterocycles. The molecule has 1 unspecified atom stereocenters. The number of hydrogen-bond acceptors (Lipinski definition) is 0. The van der Waals surface area contributed by atoms with Crippen LogP contribution in [0.15, 0.2) is 24.3 Å². The Balaban J connectivity index is 2.14. The quantitative estimate of drug-likeness (QED) is 0.664. The largest absolute Gasteiger partial charge is 0.126 e. The standard InChI is InChI=1S/C14H19Cl/c1-11(10-15)9-13-5-2-3-8-14(13)12-6-4-7-12/h2-3,5,8,11-12H,4,6-7,9-10H2,1H3. The molecular weight excluding hydrogens is 204 g/mol. The van der Waals surface area contributed by atoms with Crippen LogP contribution in [0.2, 0.25) is 0 Å². The highest BCUT2D eigenvalue weighted by Gasteiger charge is 2.21. The van der Waals surface area contributed by atoms with E-state index < -0.39 is 0 Å². The average molecular weight is 223 g/mol. The van der Waals surface area contributed by atoms with Gasteiger partial charge < -0.3 is 0 Å². The Kier molecular flexibility index (Phi) is 3.69. The molecule has 1 aliphatic rings. The van der Waals surface area contributed by atoms with E-state index in [2.05, 4.69) is 31.2 Å². The van der Waals surface area contributed by atoms with Crippen LogP contribution >= 0.6 is 11.6 Å². The van der Waals surface area contributed by atoms with Crippen molar-refractivity contribution in [2.75, 3.05) is 5.88 Å². The van der Waals surface area contributed by atoms with E-state index in [0.717, 1.165) is 18.2 Å². The minimum absolute atomic E-state index is 0.591. The van der Waals surface area contributed by atoms with Gasteiger partial charge in [-0.25, -0.2) is 0 Å². The second-order valence-electron chi connectivity index (χ2n) is 4.79. The fourth-order valence-electron chi connectivity index (χ4n) is 2.27. The highest BCUT2D eigenvalue weighted by Crippen LogP contribution is 2.38. The molecule has 1 aliphatic carbocycles. The van der Waals surface area contributed by atoms with E-state index in [1.807, 2.05) is 0 Å². The lowest BCUT2D eigenvalue weighted by Gasteiger charge is -2.28. The van der Waals surface area contributed by atoms with E-state index in [9.17, 15) is 0 Å². The van der Waals surface area contributed by atoms with Gasteiger partial charge in [0.1, 0.15) is 0 Å². The Morgan fingerprint density at radius 2 is 2.07 bits per heavy atom. The number of alkyl halides is 1. The number of rotatable bonds is 4. The lowest BCUT2D eigenvalue weighted by Crippen LogP contribution is -2.13. The normalized spacial score (nSPS) is 18.5. The van der Waals surface area contributed by atoms with Crippen molar-refractivity contribution in [3.63, 3.8) is 0 Å². The van der Waals surface area contributed by atoms with Crippen molar-refractivity contribution >= 4 is 11.6 Å². The van der Waals surface area contributed by atoms with E-state index in [-0.39, 0.29) is 0 Å². The molecule has 0 radical (unpaired) electrons. The lowest BCUT2D eigenvalue weighted by atomic mass is 9.77. The first kappa shape index (κ1) is 11.0. The molecule has 0 spiro atoms. The molecule has 0 N–H and O–H groups in total. The third-order valence-corrected chi connectivity index (χ3v) is 3.96. The van der Waals surface area contributed by atoms with E-state index >= 15 is 0 Å². The topological polar surface area (TPSA) is 0 Å². The van der Waals surface area contributed by atoms with Crippen LogP contribution in [-0.4, -0.2) is 5.88 Å². The van der Waals surface area contributed by atoms with Gasteiger partial charge in [-0.05, 0) is 42.2 Å². The Hall–Kier alpha value is -0.490. The van der Waals surface area contributed by atoms with Crippen LogP contribution in [-0.2, 0) is 6.42 Å². The van der Waals surface area contributed by atoms with E-state index in [0.29, 0.717) is 5.92 Å². The van der Waals surface area contributed by atoms with Gasteiger partial charge in [0, 0.05) is 5.88 Å². The highest BCUT2D eigenvalue weighted by atomic mass is 35.5. The molecule has 0 saturated heterocycles. The SMILES string of the molecule is CC(CCl)Cc1ccccc1C1CCC1. The number of hydrogen-bond donors (Lipinski definition) is 0. The summed E-state index contributed by atoms with van der Waals surface area (Å²) in [5.74, 6) is 2.19. The van der Waals surface area contributed by atoms with Crippen molar-refractivity contribution in [1.29, 1.82) is 0 Å². The third-order valence-electron chi connectivity index (χ3n) is 3.43. The molecule has 15 heavy (non-hydrogen) atoms. The van der Waals surface area contributed by atoms with Gasteiger partial charge in [0.05, 0.1) is 0 Å². The van der Waals surface area contributed by atoms with Gasteiger partial charge in [-0.15, -0.1) is 11.6 Å². The van der Waals surface area contributed by atoms with Gasteiger partial charge in [-0.1, -0.05) is 37.6 Å². The van der Waals surface area contributed by atoms with E-state index in [4.69, 9.17) is 11.6 Å². The summed E-state index contributed by atoms with van der Waals surface area (Å²) in [5.41, 5.74) is 3.11. The van der Waals surface area contributed by atoms with Crippen LogP contribution in [0.5, 0.6) is 0 Å². The predicted molar refractivity (Wildman–Crippen MR) is 66.6 cm³/mol. The molecule has 1 fully saturated rings. The van der Waals surface area contributed by atoms with Gasteiger partial charge in [-0.2, -0.15) is 0 Å². The molecule has 1 saturated carbocycles. The lowest BCUT2D eigenvalue weighted by molar-refractivity contribution is 0.416. The summed E-state index contributed by atoms with van der Waals surface area (Å²) in [5, 5.41) is 0. The van der Waals surface area contributed by atoms with E-state index in [1.54, 1.807) is 5.56 Å². The van der Waals surface area contributed by atoms with E-state index in [1.165, 1.54) is 24.8 Å². The zero-order valence-electron chi connectivity index (χ0n) is 9.38. The summed E-state index contributed by atoms with van der Waals surface area (Å²) in [6.07, 6.45) is 5.30. The monoisotopic (exact) mass is 222 g/mol. The molecule has 0 bridgehead atoms. The van der Waals surface area contributed by atoms with Gasteiger partial charge >= 0.3 is 0 Å². The second-order valence-corrected chi connectivity index (χ2v) is 5.10. The first-order chi connectivity index (χ1) is 7.31. The molecular formula is C14H19Cl. The van der Waals surface area contributed by atoms with Gasteiger partial charge in [-0.3, -0.25) is 0 Å². The van der Waals surface area contributed by atoms with Crippen LogP contribution < -0.4 is 0 Å². The minimum Gasteiger partial charge on any atom is -0.126 e. The van der Waals surface area contributed by atoms with Crippen LogP contribution in [0, 0.1) is 5.92 Å². The van der Waals surface area contributed by atoms with Crippen molar-refractivity contribution < 1.29 is 0 Å². The van der Waals surface area contributed by atoms with Crippen LogP contribution in [0.25, 0.3) is 0 Å². The predicted octanol–water partition coefficient (Wildman–Crippen LogP) is 4.37. The van der Waals surface area contributed by atoms with Crippen molar-refractivity contribution in [2.24, 2.45) is 5.92 Å². The molecule has 1 aromatic rings. The molecule has 1 atom stereocenters. The first-order valence-corrected chi connectivity index (χ1v) is 6.48. The summed E-state index contributed by atoms with van der Waals surface area (Å²) < 4.78 is 0. The van der Waals surface area contributed by atoms with Crippen molar-refractivity contribution in [3.05, 3.63) is 35.4 Å². The average Bonchev–Trinajstić information content (AvgIpc) is 2.18. The van der Waals surface area contributed by atoms with Crippen LogP contribution in [0.4, 0.5) is 0 Å². The summed E-state index contributed by atoms with van der Waals surface area (Å²) in [6.45, 7) is 2.23. The molecule has 2 rings (SSSR count). The Labute approximate surface area is 97.6 Å². The zero-order valence-corrected chi connectivity index (χ0v) is 10.1. The minimum atomic E-state index is 0.591. The van der Waals surface area contributed by atoms with Gasteiger partial charge in [0.25, 0.3) is 0 Å². The van der Waals surface area contributed by atoms with Crippen LogP contribution in [0.3, 0.4) is 0 Å². The summed E-state index contributed by atoms with van der Waals surface area (Å²) in [4.78, 5) is 0. The summed E-state index contributed by atoms with van der Waals surface area (Å²) in [6, 6.07) is 8.90. The first-order valence-electron chi connectivity index (χ1n) is 5.95. The number of benzene rings is 1. The van der Waals surface area contributed by atoms with Crippen molar-refractivity contribution in [3.8, 4) is 0 Å². The fourth-order valence-corrected chi connectivity index (χ4v) is 2.38. The summed E-state index contributed by atoms with van der Waals surface area (Å²) >= 11 is 5.88. The smallest absolute Gasteiger partial charge is 0.0252 e. The molecule has 1 heteroatoms. The fraction of sp³-hybridized carbons (Fsp3) is 0.571. The third kappa shape index (κ3) is 2.55. The van der Waals surface area contributed by atoms with Crippen LogP contribution in [0.1, 0.15) is 43.2 Å². The maximum absolute atomic E-state index is 5.88. The maximum Gasteiger partial charge on any atom is 0.0252 e. The molecule has 82 valence electrons. The Bertz CT molecular complexity index is 315. The molecule has 1 aromatic carbocycles. The zero-order chi connectivity index (χ0) is 10.7. The highest BCUT2D eigenvalue weighted by molar-refractivity contribution is 6.18. The second kappa shape index (κ2) is 5.03. The molecule has 0 aromatic heterocycles. The number of halogens is 1. The molecule has 0 amide bonds. The van der Waals surface area contributed by atoms with Gasteiger partial charge in [0.2, 0.25) is 0 Å².